The van der Waals surface area contributed by atoms with E-state index in [9.17, 15) is 9.59 Å². The molecule has 4 heterocycles. The zero-order chi connectivity index (χ0) is 23.3. The van der Waals surface area contributed by atoms with E-state index in [1.165, 1.54) is 16.4 Å². The number of hydrogen-bond donors (Lipinski definition) is 1. The summed E-state index contributed by atoms with van der Waals surface area (Å²) < 4.78 is 12.6. The lowest BCUT2D eigenvalue weighted by atomic mass is 10.2. The van der Waals surface area contributed by atoms with Crippen LogP contribution in [0.5, 0.6) is 0 Å². The van der Waals surface area contributed by atoms with Crippen LogP contribution in [0.4, 0.5) is 11.5 Å². The summed E-state index contributed by atoms with van der Waals surface area (Å²) in [5, 5.41) is 7.41. The van der Waals surface area contributed by atoms with Crippen LogP contribution in [0.15, 0.2) is 63.8 Å². The number of ether oxygens (including phenoxy) is 1. The molecule has 9 heteroatoms. The molecule has 2 saturated heterocycles. The molecule has 1 amide bonds. The van der Waals surface area contributed by atoms with Gasteiger partial charge >= 0.3 is 0 Å². The molecule has 0 saturated carbocycles. The number of aromatic nitrogens is 2. The van der Waals surface area contributed by atoms with Crippen molar-refractivity contribution in [2.24, 2.45) is 0 Å². The van der Waals surface area contributed by atoms with Gasteiger partial charge in [-0.05, 0) is 43.2 Å². The summed E-state index contributed by atoms with van der Waals surface area (Å²) >= 11 is 0. The van der Waals surface area contributed by atoms with Crippen LogP contribution in [0.25, 0.3) is 0 Å². The van der Waals surface area contributed by atoms with Gasteiger partial charge in [0, 0.05) is 51.1 Å². The Kier molecular flexibility index (Phi) is 6.62. The van der Waals surface area contributed by atoms with E-state index in [0.717, 1.165) is 51.4 Å². The van der Waals surface area contributed by atoms with E-state index in [4.69, 9.17) is 9.15 Å². The monoisotopic (exact) mass is 463 g/mol. The molecule has 2 aromatic heterocycles. The van der Waals surface area contributed by atoms with Crippen LogP contribution in [-0.2, 0) is 11.3 Å². The van der Waals surface area contributed by atoms with Crippen molar-refractivity contribution in [3.8, 4) is 0 Å². The second-order valence-corrected chi connectivity index (χ2v) is 8.61. The summed E-state index contributed by atoms with van der Waals surface area (Å²) in [6, 6.07) is 17.0. The van der Waals surface area contributed by atoms with Gasteiger partial charge in [0.1, 0.15) is 18.1 Å². The molecule has 0 unspecified atom stereocenters. The van der Waals surface area contributed by atoms with Gasteiger partial charge < -0.3 is 24.3 Å². The minimum Gasteiger partial charge on any atom is -0.454 e. The molecule has 34 heavy (non-hydrogen) atoms. The second-order valence-electron chi connectivity index (χ2n) is 8.61. The highest BCUT2D eigenvalue weighted by Gasteiger charge is 2.20. The highest BCUT2D eigenvalue weighted by molar-refractivity contribution is 5.91. The molecule has 5 rings (SSSR count). The molecule has 0 bridgehead atoms. The summed E-state index contributed by atoms with van der Waals surface area (Å²) in [7, 11) is 0. The van der Waals surface area contributed by atoms with Crippen molar-refractivity contribution in [2.75, 3.05) is 49.1 Å². The average Bonchev–Trinajstić information content (AvgIpc) is 3.57. The molecule has 178 valence electrons. The van der Waals surface area contributed by atoms with E-state index in [-0.39, 0.29) is 29.9 Å². The molecule has 1 aromatic carbocycles. The third-order valence-corrected chi connectivity index (χ3v) is 6.28. The van der Waals surface area contributed by atoms with Gasteiger partial charge in [-0.2, -0.15) is 5.10 Å². The first-order valence-corrected chi connectivity index (χ1v) is 11.8. The van der Waals surface area contributed by atoms with E-state index in [0.29, 0.717) is 12.3 Å². The van der Waals surface area contributed by atoms with Crippen molar-refractivity contribution in [1.82, 2.24) is 15.1 Å². The maximum absolute atomic E-state index is 12.4. The number of para-hydroxylation sites is 1. The first-order chi connectivity index (χ1) is 16.7. The molecule has 2 aliphatic rings. The SMILES string of the molecule is O=C(NC[C@@H]1CCCO1)c1ccc(Cn2nc(N3CCN(c4ccccc4)CC3)ccc2=O)o1. The molecule has 1 atom stereocenters. The van der Waals surface area contributed by atoms with Gasteiger partial charge in [0.15, 0.2) is 5.76 Å². The van der Waals surface area contributed by atoms with E-state index in [2.05, 4.69) is 32.3 Å². The Hall–Kier alpha value is -3.59. The molecule has 2 aliphatic heterocycles. The number of amides is 1. The van der Waals surface area contributed by atoms with Gasteiger partial charge in [-0.1, -0.05) is 18.2 Å². The average molecular weight is 464 g/mol. The predicted octanol–water partition coefficient (Wildman–Crippen LogP) is 2.12. The number of nitrogens with zero attached hydrogens (tertiary/aromatic N) is 4. The van der Waals surface area contributed by atoms with Crippen molar-refractivity contribution < 1.29 is 13.9 Å². The van der Waals surface area contributed by atoms with Gasteiger partial charge in [-0.25, -0.2) is 4.68 Å². The molecule has 1 N–H and O–H groups in total. The lowest BCUT2D eigenvalue weighted by molar-refractivity contribution is 0.0833. The summed E-state index contributed by atoms with van der Waals surface area (Å²) in [5.41, 5.74) is 1.00. The second kappa shape index (κ2) is 10.1. The summed E-state index contributed by atoms with van der Waals surface area (Å²) in [6.45, 7) is 4.77. The van der Waals surface area contributed by atoms with E-state index in [1.807, 2.05) is 18.2 Å². The number of hydrogen-bond acceptors (Lipinski definition) is 7. The largest absolute Gasteiger partial charge is 0.454 e. The zero-order valence-electron chi connectivity index (χ0n) is 19.1. The normalized spacial score (nSPS) is 18.3. The van der Waals surface area contributed by atoms with Crippen molar-refractivity contribution in [2.45, 2.75) is 25.5 Å². The number of piperazine rings is 1. The molecule has 0 spiro atoms. The summed E-state index contributed by atoms with van der Waals surface area (Å²) in [4.78, 5) is 29.3. The first kappa shape index (κ1) is 22.2. The molecule has 3 aromatic rings. The van der Waals surface area contributed by atoms with Crippen LogP contribution in [0.2, 0.25) is 0 Å². The highest BCUT2D eigenvalue weighted by Crippen LogP contribution is 2.18. The lowest BCUT2D eigenvalue weighted by Gasteiger charge is -2.36. The van der Waals surface area contributed by atoms with Gasteiger partial charge in [0.05, 0.1) is 6.10 Å². The van der Waals surface area contributed by atoms with Crippen molar-refractivity contribution in [3.05, 3.63) is 76.5 Å². The zero-order valence-corrected chi connectivity index (χ0v) is 19.1. The van der Waals surface area contributed by atoms with Crippen molar-refractivity contribution in [3.63, 3.8) is 0 Å². The Bertz CT molecular complexity index is 1160. The lowest BCUT2D eigenvalue weighted by Crippen LogP contribution is -2.47. The van der Waals surface area contributed by atoms with E-state index >= 15 is 0 Å². The minimum atomic E-state index is -0.285. The summed E-state index contributed by atoms with van der Waals surface area (Å²) in [5.74, 6) is 1.19. The van der Waals surface area contributed by atoms with E-state index in [1.54, 1.807) is 18.2 Å². The molecule has 2 fully saturated rings. The topological polar surface area (TPSA) is 92.8 Å². The van der Waals surface area contributed by atoms with Gasteiger partial charge in [0.2, 0.25) is 0 Å². The Morgan fingerprint density at radius 2 is 1.79 bits per heavy atom. The number of furan rings is 1. The Morgan fingerprint density at radius 3 is 2.56 bits per heavy atom. The van der Waals surface area contributed by atoms with Crippen molar-refractivity contribution >= 4 is 17.4 Å². The standard InChI is InChI=1S/C25H29N5O4/c31-24-11-10-23(29-14-12-28(13-15-29)19-5-2-1-3-6-19)27-30(24)18-21-8-9-22(34-21)25(32)26-17-20-7-4-16-33-20/h1-3,5-6,8-11,20H,4,7,12-18H2,(H,26,32)/t20-/m0/s1. The number of anilines is 2. The maximum Gasteiger partial charge on any atom is 0.287 e. The minimum absolute atomic E-state index is 0.0680. The summed E-state index contributed by atoms with van der Waals surface area (Å²) in [6.07, 6.45) is 2.05. The fourth-order valence-electron chi connectivity index (χ4n) is 4.38. The molecule has 9 nitrogen and oxygen atoms in total. The van der Waals surface area contributed by atoms with Crippen LogP contribution >= 0.6 is 0 Å². The van der Waals surface area contributed by atoms with Crippen LogP contribution in [0.1, 0.15) is 29.2 Å². The molecular weight excluding hydrogens is 434 g/mol. The number of carbonyl (C=O) groups is 1. The van der Waals surface area contributed by atoms with Gasteiger partial charge in [-0.3, -0.25) is 9.59 Å². The Balaban J connectivity index is 1.20. The maximum atomic E-state index is 12.4. The highest BCUT2D eigenvalue weighted by atomic mass is 16.5. The Morgan fingerprint density at radius 1 is 1.00 bits per heavy atom. The van der Waals surface area contributed by atoms with Crippen LogP contribution in [0, 0.1) is 0 Å². The van der Waals surface area contributed by atoms with Gasteiger partial charge in [0.25, 0.3) is 11.5 Å². The fraction of sp³-hybridized carbons (Fsp3) is 0.400. The van der Waals surface area contributed by atoms with Gasteiger partial charge in [-0.15, -0.1) is 0 Å². The van der Waals surface area contributed by atoms with Crippen LogP contribution < -0.4 is 20.7 Å². The molecule has 0 radical (unpaired) electrons. The quantitative estimate of drug-likeness (QED) is 0.574. The van der Waals surface area contributed by atoms with Crippen molar-refractivity contribution in [1.29, 1.82) is 0 Å². The third kappa shape index (κ3) is 5.14. The molecule has 0 aliphatic carbocycles. The third-order valence-electron chi connectivity index (χ3n) is 6.28. The first-order valence-electron chi connectivity index (χ1n) is 11.8. The van der Waals surface area contributed by atoms with E-state index < -0.39 is 0 Å². The fourth-order valence-corrected chi connectivity index (χ4v) is 4.38. The van der Waals surface area contributed by atoms with Crippen LogP contribution in [-0.4, -0.2) is 61.1 Å². The Labute approximate surface area is 197 Å². The number of benzene rings is 1. The number of carbonyl (C=O) groups excluding carboxylic acids is 1. The smallest absolute Gasteiger partial charge is 0.287 e. The number of nitrogens with one attached hydrogen (secondary N) is 1. The molecular formula is C25H29N5O4. The number of rotatable bonds is 7. The predicted molar refractivity (Wildman–Crippen MR) is 128 cm³/mol. The van der Waals surface area contributed by atoms with Crippen LogP contribution in [0.3, 0.4) is 0 Å².